The first-order chi connectivity index (χ1) is 10.4. The Morgan fingerprint density at radius 1 is 1.27 bits per heavy atom. The molecular formula is C19H22O3. The summed E-state index contributed by atoms with van der Waals surface area (Å²) in [6, 6.07) is 1.82. The number of fused-ring (bicyclic) bond motifs is 5. The molecule has 1 aliphatic carbocycles. The van der Waals surface area contributed by atoms with Gasteiger partial charge in [-0.1, -0.05) is 18.2 Å². The molecule has 1 aromatic rings. The summed E-state index contributed by atoms with van der Waals surface area (Å²) in [5.74, 6) is 1.62. The smallest absolute Gasteiger partial charge is 0.134 e. The van der Waals surface area contributed by atoms with Gasteiger partial charge in [0.05, 0.1) is 12.2 Å². The molecule has 0 unspecified atom stereocenters. The number of phenolic OH excluding ortho intramolecular Hbond substituents is 1. The predicted octanol–water partition coefficient (Wildman–Crippen LogP) is 4.15. The highest BCUT2D eigenvalue weighted by Crippen LogP contribution is 2.51. The third-order valence-corrected chi connectivity index (χ3v) is 4.85. The molecule has 3 aliphatic rings. The Hall–Kier alpha value is -1.74. The van der Waals surface area contributed by atoms with Crippen LogP contribution in [0.1, 0.15) is 50.0 Å². The van der Waals surface area contributed by atoms with E-state index in [1.165, 1.54) is 0 Å². The van der Waals surface area contributed by atoms with Gasteiger partial charge in [-0.25, -0.2) is 0 Å². The summed E-state index contributed by atoms with van der Waals surface area (Å²) in [5, 5.41) is 10.4. The van der Waals surface area contributed by atoms with Crippen molar-refractivity contribution >= 4 is 6.08 Å². The highest BCUT2D eigenvalue weighted by atomic mass is 16.5. The van der Waals surface area contributed by atoms with Crippen molar-refractivity contribution in [2.75, 3.05) is 0 Å². The monoisotopic (exact) mass is 298 g/mol. The highest BCUT2D eigenvalue weighted by molar-refractivity contribution is 5.68. The van der Waals surface area contributed by atoms with Crippen LogP contribution in [-0.4, -0.2) is 16.8 Å². The van der Waals surface area contributed by atoms with Crippen LogP contribution in [0.5, 0.6) is 11.5 Å². The molecule has 2 heterocycles. The van der Waals surface area contributed by atoms with E-state index in [2.05, 4.69) is 32.9 Å². The van der Waals surface area contributed by atoms with Gasteiger partial charge in [-0.3, -0.25) is 0 Å². The maximum absolute atomic E-state index is 10.4. The summed E-state index contributed by atoms with van der Waals surface area (Å²) >= 11 is 0. The molecule has 0 saturated heterocycles. The van der Waals surface area contributed by atoms with Crippen molar-refractivity contribution in [1.82, 2.24) is 0 Å². The standard InChI is InChI=1S/C19H22O3/c1-11-4-5-12-6-7-14-15(20)10-13-8-9-19(2,3)22-18(13)16(14)17(12)21-11/h4-5,8-12,17,20H,6-7H2,1-3H3/t11-,12-,17-/m0/s1. The van der Waals surface area contributed by atoms with Crippen LogP contribution < -0.4 is 4.74 Å². The molecular weight excluding hydrogens is 276 g/mol. The maximum atomic E-state index is 10.4. The SMILES string of the molecule is C[C@H]1C=C[C@H]2CCc3c(O)cc4c(c3[C@H]2O1)OC(C)(C)C=C4. The summed E-state index contributed by atoms with van der Waals surface area (Å²) < 4.78 is 12.5. The molecule has 0 amide bonds. The normalized spacial score (nSPS) is 31.0. The van der Waals surface area contributed by atoms with Crippen LogP contribution in [0.3, 0.4) is 0 Å². The molecule has 4 rings (SSSR count). The van der Waals surface area contributed by atoms with Gasteiger partial charge in [0.1, 0.15) is 17.1 Å². The number of hydrogen-bond acceptors (Lipinski definition) is 3. The van der Waals surface area contributed by atoms with Gasteiger partial charge in [0.25, 0.3) is 0 Å². The minimum Gasteiger partial charge on any atom is -0.508 e. The van der Waals surface area contributed by atoms with Crippen LogP contribution in [0.15, 0.2) is 24.3 Å². The van der Waals surface area contributed by atoms with E-state index in [1.807, 2.05) is 18.2 Å². The third kappa shape index (κ3) is 2.07. The van der Waals surface area contributed by atoms with Crippen molar-refractivity contribution in [2.45, 2.75) is 51.4 Å². The van der Waals surface area contributed by atoms with Crippen LogP contribution in [0.4, 0.5) is 0 Å². The molecule has 22 heavy (non-hydrogen) atoms. The zero-order valence-electron chi connectivity index (χ0n) is 13.3. The Morgan fingerprint density at radius 2 is 2.09 bits per heavy atom. The quantitative estimate of drug-likeness (QED) is 0.731. The minimum absolute atomic E-state index is 0.0214. The number of rotatable bonds is 0. The summed E-state index contributed by atoms with van der Waals surface area (Å²) in [7, 11) is 0. The molecule has 1 N–H and O–H groups in total. The first kappa shape index (κ1) is 13.9. The fourth-order valence-electron chi connectivity index (χ4n) is 3.74. The predicted molar refractivity (Wildman–Crippen MR) is 86.1 cm³/mol. The Kier molecular flexibility index (Phi) is 2.92. The van der Waals surface area contributed by atoms with Crippen molar-refractivity contribution < 1.29 is 14.6 Å². The topological polar surface area (TPSA) is 38.7 Å². The van der Waals surface area contributed by atoms with Gasteiger partial charge in [-0.15, -0.1) is 0 Å². The number of aromatic hydroxyl groups is 1. The van der Waals surface area contributed by atoms with Crippen LogP contribution in [-0.2, 0) is 11.2 Å². The van der Waals surface area contributed by atoms with Gasteiger partial charge < -0.3 is 14.6 Å². The fraction of sp³-hybridized carbons (Fsp3) is 0.474. The number of phenols is 1. The van der Waals surface area contributed by atoms with Crippen LogP contribution in [0, 0.1) is 5.92 Å². The van der Waals surface area contributed by atoms with E-state index in [9.17, 15) is 5.11 Å². The third-order valence-electron chi connectivity index (χ3n) is 4.85. The van der Waals surface area contributed by atoms with Crippen molar-refractivity contribution in [3.63, 3.8) is 0 Å². The number of benzene rings is 1. The Labute approximate surface area is 131 Å². The average molecular weight is 298 g/mol. The van der Waals surface area contributed by atoms with Gasteiger partial charge in [0, 0.05) is 22.6 Å². The number of hydrogen-bond donors (Lipinski definition) is 1. The molecule has 3 atom stereocenters. The van der Waals surface area contributed by atoms with E-state index in [4.69, 9.17) is 9.47 Å². The lowest BCUT2D eigenvalue weighted by Gasteiger charge is -2.40. The van der Waals surface area contributed by atoms with E-state index in [1.54, 1.807) is 0 Å². The van der Waals surface area contributed by atoms with Crippen molar-refractivity contribution in [3.05, 3.63) is 41.0 Å². The van der Waals surface area contributed by atoms with Gasteiger partial charge in [-0.05, 0) is 45.8 Å². The Bertz CT molecular complexity index is 684. The summed E-state index contributed by atoms with van der Waals surface area (Å²) in [5.41, 5.74) is 2.66. The van der Waals surface area contributed by atoms with Crippen molar-refractivity contribution in [3.8, 4) is 11.5 Å². The summed E-state index contributed by atoms with van der Waals surface area (Å²) in [6.07, 6.45) is 10.4. The van der Waals surface area contributed by atoms with Gasteiger partial charge in [0.15, 0.2) is 0 Å². The number of ether oxygens (including phenoxy) is 2. The lowest BCUT2D eigenvalue weighted by molar-refractivity contribution is -0.0246. The van der Waals surface area contributed by atoms with E-state index < -0.39 is 0 Å². The molecule has 0 saturated carbocycles. The molecule has 0 spiro atoms. The first-order valence-corrected chi connectivity index (χ1v) is 8.05. The molecule has 0 aromatic heterocycles. The second-order valence-electron chi connectivity index (χ2n) is 7.09. The molecule has 2 aliphatic heterocycles. The molecule has 0 bridgehead atoms. The molecule has 3 nitrogen and oxygen atoms in total. The van der Waals surface area contributed by atoms with Gasteiger partial charge >= 0.3 is 0 Å². The van der Waals surface area contributed by atoms with Crippen LogP contribution in [0.25, 0.3) is 6.08 Å². The van der Waals surface area contributed by atoms with Crippen molar-refractivity contribution in [2.24, 2.45) is 5.92 Å². The lowest BCUT2D eigenvalue weighted by Crippen LogP contribution is -2.32. The van der Waals surface area contributed by atoms with E-state index in [0.717, 1.165) is 35.3 Å². The lowest BCUT2D eigenvalue weighted by atomic mass is 9.77. The average Bonchev–Trinajstić information content (AvgIpc) is 2.47. The van der Waals surface area contributed by atoms with E-state index >= 15 is 0 Å². The summed E-state index contributed by atoms with van der Waals surface area (Å²) in [4.78, 5) is 0. The second-order valence-corrected chi connectivity index (χ2v) is 7.09. The molecule has 1 aromatic carbocycles. The maximum Gasteiger partial charge on any atom is 0.134 e. The van der Waals surface area contributed by atoms with E-state index in [-0.39, 0.29) is 17.8 Å². The van der Waals surface area contributed by atoms with Gasteiger partial charge in [-0.2, -0.15) is 0 Å². The minimum atomic E-state index is -0.333. The zero-order chi connectivity index (χ0) is 15.5. The first-order valence-electron chi connectivity index (χ1n) is 8.05. The zero-order valence-corrected chi connectivity index (χ0v) is 13.3. The molecule has 116 valence electrons. The van der Waals surface area contributed by atoms with Crippen LogP contribution in [0.2, 0.25) is 0 Å². The highest BCUT2D eigenvalue weighted by Gasteiger charge is 2.38. The Balaban J connectivity index is 1.91. The van der Waals surface area contributed by atoms with E-state index in [0.29, 0.717) is 11.7 Å². The molecule has 0 fully saturated rings. The largest absolute Gasteiger partial charge is 0.508 e. The second kappa shape index (κ2) is 4.63. The molecule has 0 radical (unpaired) electrons. The Morgan fingerprint density at radius 3 is 2.91 bits per heavy atom. The molecule has 3 heteroatoms. The van der Waals surface area contributed by atoms with Crippen LogP contribution >= 0.6 is 0 Å². The van der Waals surface area contributed by atoms with Crippen molar-refractivity contribution in [1.29, 1.82) is 0 Å². The fourth-order valence-corrected chi connectivity index (χ4v) is 3.74. The van der Waals surface area contributed by atoms with Gasteiger partial charge in [0.2, 0.25) is 0 Å². The summed E-state index contributed by atoms with van der Waals surface area (Å²) in [6.45, 7) is 6.16.